The first-order chi connectivity index (χ1) is 12.1. The summed E-state index contributed by atoms with van der Waals surface area (Å²) < 4.78 is 7.31. The fourth-order valence-electron chi connectivity index (χ4n) is 3.06. The van der Waals surface area contributed by atoms with Gasteiger partial charge in [-0.1, -0.05) is 6.92 Å². The Kier molecular flexibility index (Phi) is 5.95. The molecule has 1 amide bonds. The van der Waals surface area contributed by atoms with E-state index in [4.69, 9.17) is 4.74 Å². The quantitative estimate of drug-likeness (QED) is 0.812. The summed E-state index contributed by atoms with van der Waals surface area (Å²) in [4.78, 5) is 23.5. The zero-order valence-electron chi connectivity index (χ0n) is 16.2. The molecule has 26 heavy (non-hydrogen) atoms. The summed E-state index contributed by atoms with van der Waals surface area (Å²) in [7, 11) is 0. The first kappa shape index (κ1) is 19.8. The van der Waals surface area contributed by atoms with Crippen LogP contribution >= 0.6 is 0 Å². The lowest BCUT2D eigenvalue weighted by atomic mass is 10.0. The van der Waals surface area contributed by atoms with Crippen molar-refractivity contribution >= 4 is 23.0 Å². The summed E-state index contributed by atoms with van der Waals surface area (Å²) in [6, 6.07) is 3.71. The molecule has 0 fully saturated rings. The number of aromatic carboxylic acids is 1. The van der Waals surface area contributed by atoms with Gasteiger partial charge in [-0.2, -0.15) is 0 Å². The number of alkyl carbamates (subject to hydrolysis) is 1. The average Bonchev–Trinajstić information content (AvgIpc) is 2.81. The zero-order chi connectivity index (χ0) is 19.5. The van der Waals surface area contributed by atoms with Crippen LogP contribution in [0.2, 0.25) is 0 Å². The Morgan fingerprint density at radius 1 is 1.27 bits per heavy atom. The van der Waals surface area contributed by atoms with Crippen LogP contribution in [0.5, 0.6) is 0 Å². The van der Waals surface area contributed by atoms with Gasteiger partial charge in [0.15, 0.2) is 0 Å². The van der Waals surface area contributed by atoms with Gasteiger partial charge < -0.3 is 19.7 Å². The smallest absolute Gasteiger partial charge is 0.407 e. The summed E-state index contributed by atoms with van der Waals surface area (Å²) in [6.45, 7) is 10.7. The van der Waals surface area contributed by atoms with Crippen LogP contribution in [0.1, 0.15) is 55.6 Å². The van der Waals surface area contributed by atoms with Crippen molar-refractivity contribution in [2.75, 3.05) is 6.54 Å². The Balaban J connectivity index is 2.24. The summed E-state index contributed by atoms with van der Waals surface area (Å²) >= 11 is 0. The van der Waals surface area contributed by atoms with Crippen LogP contribution in [0.3, 0.4) is 0 Å². The molecule has 6 nitrogen and oxygen atoms in total. The molecular formula is C20H28N2O4. The zero-order valence-corrected chi connectivity index (χ0v) is 16.2. The molecule has 6 heteroatoms. The van der Waals surface area contributed by atoms with E-state index >= 15 is 0 Å². The maximum atomic E-state index is 11.7. The summed E-state index contributed by atoms with van der Waals surface area (Å²) in [5.74, 6) is -0.936. The van der Waals surface area contributed by atoms with Gasteiger partial charge in [-0.3, -0.25) is 0 Å². The molecule has 1 heterocycles. The molecule has 0 radical (unpaired) electrons. The number of ether oxygens (including phenoxy) is 1. The predicted octanol–water partition coefficient (Wildman–Crippen LogP) is 4.13. The number of fused-ring (bicyclic) bond motifs is 1. The average molecular weight is 360 g/mol. The third kappa shape index (κ3) is 4.77. The van der Waals surface area contributed by atoms with Crippen molar-refractivity contribution < 1.29 is 19.4 Å². The van der Waals surface area contributed by atoms with Gasteiger partial charge >= 0.3 is 12.1 Å². The molecule has 0 saturated heterocycles. The van der Waals surface area contributed by atoms with Gasteiger partial charge in [-0.05, 0) is 63.8 Å². The highest BCUT2D eigenvalue weighted by atomic mass is 16.6. The number of benzene rings is 1. The minimum atomic E-state index is -0.936. The lowest BCUT2D eigenvalue weighted by Gasteiger charge is -2.19. The molecule has 0 aliphatic heterocycles. The van der Waals surface area contributed by atoms with Gasteiger partial charge in [-0.25, -0.2) is 9.59 Å². The van der Waals surface area contributed by atoms with Crippen LogP contribution in [0, 0.1) is 6.92 Å². The second kappa shape index (κ2) is 7.81. The van der Waals surface area contributed by atoms with Crippen molar-refractivity contribution in [3.63, 3.8) is 0 Å². The van der Waals surface area contributed by atoms with Crippen LogP contribution in [0.25, 0.3) is 10.9 Å². The minimum absolute atomic E-state index is 0.308. The molecule has 2 aromatic rings. The highest BCUT2D eigenvalue weighted by molar-refractivity contribution is 6.05. The predicted molar refractivity (Wildman–Crippen MR) is 102 cm³/mol. The lowest BCUT2D eigenvalue weighted by Crippen LogP contribution is -2.33. The third-order valence-electron chi connectivity index (χ3n) is 4.01. The molecule has 0 saturated carbocycles. The van der Waals surface area contributed by atoms with Gasteiger partial charge in [0, 0.05) is 30.2 Å². The fourth-order valence-corrected chi connectivity index (χ4v) is 3.06. The van der Waals surface area contributed by atoms with E-state index < -0.39 is 17.7 Å². The number of nitrogens with zero attached hydrogens (tertiary/aromatic N) is 1. The number of rotatable bonds is 6. The van der Waals surface area contributed by atoms with E-state index in [-0.39, 0.29) is 0 Å². The summed E-state index contributed by atoms with van der Waals surface area (Å²) in [5.41, 5.74) is 2.53. The summed E-state index contributed by atoms with van der Waals surface area (Å²) in [6.07, 6.45) is 3.04. The van der Waals surface area contributed by atoms with Gasteiger partial charge in [0.25, 0.3) is 0 Å². The molecule has 0 spiro atoms. The lowest BCUT2D eigenvalue weighted by molar-refractivity contribution is 0.0527. The number of hydrogen-bond acceptors (Lipinski definition) is 3. The van der Waals surface area contributed by atoms with Crippen molar-refractivity contribution in [1.82, 2.24) is 9.88 Å². The number of aryl methyl sites for hydroxylation is 2. The standard InChI is InChI=1S/C20H28N2O4/c1-6-9-22-12-13(2)17-15(18(23)24)10-14(11-16(17)22)7-8-21-19(25)26-20(3,4)5/h10-12H,6-9H2,1-5H3,(H,21,25)(H,23,24). The van der Waals surface area contributed by atoms with Gasteiger partial charge in [-0.15, -0.1) is 0 Å². The Labute approximate surface area is 154 Å². The molecule has 1 aromatic heterocycles. The van der Waals surface area contributed by atoms with Crippen LogP contribution in [0.15, 0.2) is 18.3 Å². The second-order valence-electron chi connectivity index (χ2n) is 7.53. The second-order valence-corrected chi connectivity index (χ2v) is 7.53. The normalized spacial score (nSPS) is 11.6. The van der Waals surface area contributed by atoms with Crippen LogP contribution in [0.4, 0.5) is 4.79 Å². The Bertz CT molecular complexity index is 815. The van der Waals surface area contributed by atoms with Crippen molar-refractivity contribution in [2.45, 2.75) is 59.6 Å². The van der Waals surface area contributed by atoms with Gasteiger partial charge in [0.1, 0.15) is 5.60 Å². The third-order valence-corrected chi connectivity index (χ3v) is 4.01. The monoisotopic (exact) mass is 360 g/mol. The number of nitrogens with one attached hydrogen (secondary N) is 1. The molecule has 0 aliphatic rings. The van der Waals surface area contributed by atoms with E-state index in [1.165, 1.54) is 0 Å². The van der Waals surface area contributed by atoms with Crippen molar-refractivity contribution in [3.05, 3.63) is 35.0 Å². The van der Waals surface area contributed by atoms with E-state index in [1.54, 1.807) is 6.07 Å². The van der Waals surface area contributed by atoms with E-state index in [1.807, 2.05) is 40.0 Å². The molecule has 1 aromatic carbocycles. The fraction of sp³-hybridized carbons (Fsp3) is 0.500. The largest absolute Gasteiger partial charge is 0.478 e. The van der Waals surface area contributed by atoms with Crippen molar-refractivity contribution in [1.29, 1.82) is 0 Å². The maximum absolute atomic E-state index is 11.7. The van der Waals surface area contributed by atoms with Crippen LogP contribution in [-0.2, 0) is 17.7 Å². The Morgan fingerprint density at radius 3 is 2.54 bits per heavy atom. The molecule has 0 bridgehead atoms. The summed E-state index contributed by atoms with van der Waals surface area (Å²) in [5, 5.41) is 13.1. The van der Waals surface area contributed by atoms with Crippen LogP contribution < -0.4 is 5.32 Å². The van der Waals surface area contributed by atoms with Crippen molar-refractivity contribution in [2.24, 2.45) is 0 Å². The number of aromatic nitrogens is 1. The van der Waals surface area contributed by atoms with Gasteiger partial charge in [0.05, 0.1) is 5.56 Å². The van der Waals surface area contributed by atoms with Gasteiger partial charge in [0.2, 0.25) is 0 Å². The number of hydrogen-bond donors (Lipinski definition) is 2. The Morgan fingerprint density at radius 2 is 1.96 bits per heavy atom. The number of carboxylic acid groups (broad SMARTS) is 1. The number of amides is 1. The van der Waals surface area contributed by atoms with E-state index in [2.05, 4.69) is 16.8 Å². The first-order valence-corrected chi connectivity index (χ1v) is 8.95. The molecule has 2 N–H and O–H groups in total. The SMILES string of the molecule is CCCn1cc(C)c2c(C(=O)O)cc(CCNC(=O)OC(C)(C)C)cc21. The minimum Gasteiger partial charge on any atom is -0.478 e. The first-order valence-electron chi connectivity index (χ1n) is 8.95. The van der Waals surface area contributed by atoms with Crippen molar-refractivity contribution in [3.8, 4) is 0 Å². The number of carbonyl (C=O) groups excluding carboxylic acids is 1. The topological polar surface area (TPSA) is 80.6 Å². The van der Waals surface area contributed by atoms with E-state index in [0.29, 0.717) is 18.5 Å². The molecule has 0 unspecified atom stereocenters. The molecule has 0 aliphatic carbocycles. The number of carboxylic acids is 1. The van der Waals surface area contributed by atoms with E-state index in [0.717, 1.165) is 35.0 Å². The molecular weight excluding hydrogens is 332 g/mol. The highest BCUT2D eigenvalue weighted by Crippen LogP contribution is 2.27. The highest BCUT2D eigenvalue weighted by Gasteiger charge is 2.18. The van der Waals surface area contributed by atoms with E-state index in [9.17, 15) is 14.7 Å². The molecule has 2 rings (SSSR count). The molecule has 0 atom stereocenters. The number of carbonyl (C=O) groups is 2. The van der Waals surface area contributed by atoms with Crippen LogP contribution in [-0.4, -0.2) is 33.9 Å². The molecule has 142 valence electrons. The maximum Gasteiger partial charge on any atom is 0.407 e. The Hall–Kier alpha value is -2.50.